The molecule has 8 heteroatoms. The van der Waals surface area contributed by atoms with Gasteiger partial charge >= 0.3 is 0 Å². The quantitative estimate of drug-likeness (QED) is 0.509. The number of carbonyl (C=O) groups is 1. The van der Waals surface area contributed by atoms with Crippen molar-refractivity contribution < 1.29 is 17.9 Å². The minimum absolute atomic E-state index is 0.0549. The summed E-state index contributed by atoms with van der Waals surface area (Å²) in [6.07, 6.45) is 0. The van der Waals surface area contributed by atoms with Gasteiger partial charge in [0.2, 0.25) is 15.9 Å². The summed E-state index contributed by atoms with van der Waals surface area (Å²) in [5, 5.41) is 3.17. The van der Waals surface area contributed by atoms with Crippen LogP contribution in [0.1, 0.15) is 12.5 Å². The number of sulfonamides is 1. The molecule has 3 aromatic rings. The van der Waals surface area contributed by atoms with Crippen molar-refractivity contribution in [2.24, 2.45) is 0 Å². The first kappa shape index (κ1) is 22.8. The van der Waals surface area contributed by atoms with Crippen molar-refractivity contribution in [3.63, 3.8) is 0 Å². The van der Waals surface area contributed by atoms with Crippen LogP contribution in [0, 0.1) is 0 Å². The van der Waals surface area contributed by atoms with Crippen molar-refractivity contribution in [3.8, 4) is 5.75 Å². The first-order chi connectivity index (χ1) is 14.9. The van der Waals surface area contributed by atoms with Crippen LogP contribution in [0.3, 0.4) is 0 Å². The number of ether oxygens (including phenoxy) is 1. The van der Waals surface area contributed by atoms with E-state index in [1.807, 2.05) is 37.3 Å². The van der Waals surface area contributed by atoms with Gasteiger partial charge in [-0.25, -0.2) is 8.42 Å². The number of nitrogens with one attached hydrogen (secondary N) is 1. The van der Waals surface area contributed by atoms with Crippen LogP contribution in [0.5, 0.6) is 5.75 Å². The summed E-state index contributed by atoms with van der Waals surface area (Å²) in [4.78, 5) is 12.7. The van der Waals surface area contributed by atoms with Crippen LogP contribution in [0.4, 0.5) is 5.69 Å². The maximum Gasteiger partial charge on any atom is 0.243 e. The highest BCUT2D eigenvalue weighted by Gasteiger charge is 2.27. The zero-order valence-corrected chi connectivity index (χ0v) is 18.6. The van der Waals surface area contributed by atoms with E-state index in [0.717, 1.165) is 9.87 Å². The molecular weight excluding hydrogens is 436 g/mol. The lowest BCUT2D eigenvalue weighted by Gasteiger charge is -2.22. The molecule has 0 heterocycles. The zero-order chi connectivity index (χ0) is 22.3. The van der Waals surface area contributed by atoms with Crippen LogP contribution in [-0.2, 0) is 21.4 Å². The molecule has 0 radical (unpaired) electrons. The van der Waals surface area contributed by atoms with Crippen LogP contribution in [0.2, 0.25) is 5.02 Å². The zero-order valence-electron chi connectivity index (χ0n) is 17.0. The van der Waals surface area contributed by atoms with E-state index in [-0.39, 0.29) is 18.0 Å². The minimum Gasteiger partial charge on any atom is -0.494 e. The van der Waals surface area contributed by atoms with E-state index in [9.17, 15) is 13.2 Å². The number of amides is 1. The maximum absolute atomic E-state index is 13.3. The molecule has 0 bridgehead atoms. The number of nitrogens with zero attached hydrogens (tertiary/aromatic N) is 1. The highest BCUT2D eigenvalue weighted by atomic mass is 35.5. The van der Waals surface area contributed by atoms with E-state index in [1.54, 1.807) is 36.4 Å². The van der Waals surface area contributed by atoms with Crippen LogP contribution in [0.25, 0.3) is 0 Å². The Morgan fingerprint density at radius 1 is 1.00 bits per heavy atom. The third-order valence-corrected chi connectivity index (χ3v) is 6.44. The first-order valence-corrected chi connectivity index (χ1v) is 11.5. The fourth-order valence-corrected chi connectivity index (χ4v) is 4.54. The highest BCUT2D eigenvalue weighted by Crippen LogP contribution is 2.22. The fourth-order valence-electron chi connectivity index (χ4n) is 2.96. The molecule has 3 aromatic carbocycles. The largest absolute Gasteiger partial charge is 0.494 e. The number of halogens is 1. The number of anilines is 1. The van der Waals surface area contributed by atoms with Crippen LogP contribution in [-0.4, -0.2) is 31.8 Å². The molecule has 0 saturated carbocycles. The summed E-state index contributed by atoms with van der Waals surface area (Å²) in [6.45, 7) is 2.04. The standard InChI is InChI=1S/C23H23ClN2O4S/c1-2-30-21-11-13-22(14-12-21)31(28,29)26(16-18-7-4-3-5-8-18)17-23(27)25-20-10-6-9-19(24)15-20/h3-15H,2,16-17H2,1H3,(H,25,27). The van der Waals surface area contributed by atoms with Gasteiger partial charge in [0, 0.05) is 17.3 Å². The molecule has 162 valence electrons. The topological polar surface area (TPSA) is 75.7 Å². The third kappa shape index (κ3) is 6.30. The molecule has 0 atom stereocenters. The van der Waals surface area contributed by atoms with Gasteiger partial charge in [-0.15, -0.1) is 0 Å². The van der Waals surface area contributed by atoms with E-state index >= 15 is 0 Å². The predicted octanol–water partition coefficient (Wildman–Crippen LogP) is 4.57. The molecule has 0 spiro atoms. The monoisotopic (exact) mass is 458 g/mol. The lowest BCUT2D eigenvalue weighted by molar-refractivity contribution is -0.116. The Balaban J connectivity index is 1.85. The second-order valence-electron chi connectivity index (χ2n) is 6.72. The highest BCUT2D eigenvalue weighted by molar-refractivity contribution is 7.89. The number of benzene rings is 3. The van der Waals surface area contributed by atoms with Gasteiger partial charge in [-0.05, 0) is 55.0 Å². The molecule has 1 amide bonds. The lowest BCUT2D eigenvalue weighted by Crippen LogP contribution is -2.37. The SMILES string of the molecule is CCOc1ccc(S(=O)(=O)N(CC(=O)Nc2cccc(Cl)c2)Cc2ccccc2)cc1. The molecule has 0 aliphatic carbocycles. The Morgan fingerprint density at radius 3 is 2.35 bits per heavy atom. The van der Waals surface area contributed by atoms with Gasteiger partial charge in [-0.1, -0.05) is 48.0 Å². The summed E-state index contributed by atoms with van der Waals surface area (Å²) in [7, 11) is -3.94. The molecule has 0 saturated heterocycles. The van der Waals surface area contributed by atoms with Crippen LogP contribution < -0.4 is 10.1 Å². The second-order valence-corrected chi connectivity index (χ2v) is 9.10. The molecule has 0 fully saturated rings. The Morgan fingerprint density at radius 2 is 1.71 bits per heavy atom. The van der Waals surface area contributed by atoms with Gasteiger partial charge in [0.25, 0.3) is 0 Å². The van der Waals surface area contributed by atoms with Crippen molar-refractivity contribution in [1.29, 1.82) is 0 Å². The number of hydrogen-bond donors (Lipinski definition) is 1. The van der Waals surface area contributed by atoms with E-state index < -0.39 is 15.9 Å². The number of rotatable bonds is 9. The van der Waals surface area contributed by atoms with Gasteiger partial charge in [0.05, 0.1) is 18.0 Å². The van der Waals surface area contributed by atoms with E-state index in [0.29, 0.717) is 23.1 Å². The van der Waals surface area contributed by atoms with Gasteiger partial charge in [0.1, 0.15) is 5.75 Å². The van der Waals surface area contributed by atoms with E-state index in [2.05, 4.69) is 5.32 Å². The van der Waals surface area contributed by atoms with Crippen LogP contribution in [0.15, 0.2) is 83.8 Å². The van der Waals surface area contributed by atoms with E-state index in [1.165, 1.54) is 12.1 Å². The summed E-state index contributed by atoms with van der Waals surface area (Å²) >= 11 is 5.96. The molecule has 3 rings (SSSR count). The Labute approximate surface area is 187 Å². The smallest absolute Gasteiger partial charge is 0.243 e. The molecule has 0 aliphatic heterocycles. The number of hydrogen-bond acceptors (Lipinski definition) is 4. The Bertz CT molecular complexity index is 1120. The van der Waals surface area contributed by atoms with E-state index in [4.69, 9.17) is 16.3 Å². The maximum atomic E-state index is 13.3. The molecule has 1 N–H and O–H groups in total. The molecule has 0 unspecified atom stereocenters. The Kier molecular flexibility index (Phi) is 7.68. The third-order valence-electron chi connectivity index (χ3n) is 4.40. The van der Waals surface area contributed by atoms with Crippen molar-refractivity contribution >= 4 is 33.2 Å². The summed E-state index contributed by atoms with van der Waals surface area (Å²) < 4.78 is 33.2. The van der Waals surface area contributed by atoms with Gasteiger partial charge in [-0.2, -0.15) is 4.31 Å². The molecule has 6 nitrogen and oxygen atoms in total. The van der Waals surface area contributed by atoms with Crippen molar-refractivity contribution in [2.75, 3.05) is 18.5 Å². The molecule has 0 aromatic heterocycles. The second kappa shape index (κ2) is 10.4. The molecule has 31 heavy (non-hydrogen) atoms. The van der Waals surface area contributed by atoms with Crippen molar-refractivity contribution in [1.82, 2.24) is 4.31 Å². The average Bonchev–Trinajstić information content (AvgIpc) is 2.74. The Hall–Kier alpha value is -2.87. The number of carbonyl (C=O) groups excluding carboxylic acids is 1. The van der Waals surface area contributed by atoms with Gasteiger partial charge < -0.3 is 10.1 Å². The molecular formula is C23H23ClN2O4S. The van der Waals surface area contributed by atoms with Gasteiger partial charge in [-0.3, -0.25) is 4.79 Å². The lowest BCUT2D eigenvalue weighted by atomic mass is 10.2. The van der Waals surface area contributed by atoms with Gasteiger partial charge in [0.15, 0.2) is 0 Å². The summed E-state index contributed by atoms with van der Waals surface area (Å²) in [6, 6.07) is 22.0. The average molecular weight is 459 g/mol. The summed E-state index contributed by atoms with van der Waals surface area (Å²) in [5.41, 5.74) is 1.27. The first-order valence-electron chi connectivity index (χ1n) is 9.71. The molecule has 0 aliphatic rings. The van der Waals surface area contributed by atoms with Crippen molar-refractivity contribution in [2.45, 2.75) is 18.4 Å². The predicted molar refractivity (Wildman–Crippen MR) is 122 cm³/mol. The van der Waals surface area contributed by atoms with Crippen LogP contribution >= 0.6 is 11.6 Å². The fraction of sp³-hybridized carbons (Fsp3) is 0.174. The van der Waals surface area contributed by atoms with Crippen molar-refractivity contribution in [3.05, 3.63) is 89.4 Å². The normalized spacial score (nSPS) is 11.3. The minimum atomic E-state index is -3.94. The summed E-state index contributed by atoms with van der Waals surface area (Å²) in [5.74, 6) is 0.113.